The number of Topliss-reactive ketones (excluding diaryl/α,β-unsaturated/α-hetero) is 1. The Hall–Kier alpha value is -1.43. The number of hydrogen-bond acceptors (Lipinski definition) is 5. The van der Waals surface area contributed by atoms with Crippen LogP contribution in [0.2, 0.25) is 0 Å². The van der Waals surface area contributed by atoms with E-state index in [0.717, 1.165) is 32.4 Å². The molecule has 0 unspecified atom stereocenters. The van der Waals surface area contributed by atoms with Crippen molar-refractivity contribution in [1.29, 1.82) is 0 Å². The zero-order valence-corrected chi connectivity index (χ0v) is 15.7. The van der Waals surface area contributed by atoms with E-state index in [1.807, 2.05) is 0 Å². The van der Waals surface area contributed by atoms with Crippen molar-refractivity contribution in [2.45, 2.75) is 70.3 Å². The van der Waals surface area contributed by atoms with Crippen molar-refractivity contribution in [3.05, 3.63) is 0 Å². The number of piperidine rings is 1. The molecule has 0 spiro atoms. The van der Waals surface area contributed by atoms with Gasteiger partial charge in [0.2, 0.25) is 5.91 Å². The summed E-state index contributed by atoms with van der Waals surface area (Å²) in [7, 11) is 0. The van der Waals surface area contributed by atoms with E-state index in [-0.39, 0.29) is 36.1 Å². The standard InChI is InChI=1S/C20H32N2O4/c23-18(7-6-15-8-11-21-19(15)24)14-26-20(25)16-9-12-22(13-10-16)17-4-2-1-3-5-17/h15-17H,1-14H2,(H,21,24)/t15-/m0/s1. The van der Waals surface area contributed by atoms with Gasteiger partial charge in [-0.05, 0) is 51.6 Å². The number of carbonyl (C=O) groups is 3. The quantitative estimate of drug-likeness (QED) is 0.700. The summed E-state index contributed by atoms with van der Waals surface area (Å²) in [5.41, 5.74) is 0. The van der Waals surface area contributed by atoms with Crippen LogP contribution in [0.3, 0.4) is 0 Å². The molecular weight excluding hydrogens is 332 g/mol. The number of carbonyl (C=O) groups excluding carboxylic acids is 3. The molecule has 0 aromatic carbocycles. The fraction of sp³-hybridized carbons (Fsp3) is 0.850. The Balaban J connectivity index is 1.31. The van der Waals surface area contributed by atoms with Crippen molar-refractivity contribution in [1.82, 2.24) is 10.2 Å². The van der Waals surface area contributed by atoms with Crippen LogP contribution in [0.5, 0.6) is 0 Å². The first-order valence-corrected chi connectivity index (χ1v) is 10.3. The summed E-state index contributed by atoms with van der Waals surface area (Å²) in [6.45, 7) is 2.49. The first-order valence-electron chi connectivity index (χ1n) is 10.3. The monoisotopic (exact) mass is 364 g/mol. The minimum Gasteiger partial charge on any atom is -0.457 e. The van der Waals surface area contributed by atoms with Crippen LogP contribution in [0, 0.1) is 11.8 Å². The third kappa shape index (κ3) is 5.29. The van der Waals surface area contributed by atoms with Crippen molar-refractivity contribution < 1.29 is 19.1 Å². The maximum absolute atomic E-state index is 12.2. The smallest absolute Gasteiger partial charge is 0.309 e. The predicted molar refractivity (Wildman–Crippen MR) is 97.5 cm³/mol. The molecule has 1 saturated carbocycles. The van der Waals surface area contributed by atoms with Crippen LogP contribution >= 0.6 is 0 Å². The molecule has 2 aliphatic heterocycles. The lowest BCUT2D eigenvalue weighted by Crippen LogP contribution is -2.44. The molecule has 1 atom stereocenters. The van der Waals surface area contributed by atoms with Gasteiger partial charge in [-0.2, -0.15) is 0 Å². The maximum Gasteiger partial charge on any atom is 0.309 e. The molecule has 0 bridgehead atoms. The van der Waals surface area contributed by atoms with Gasteiger partial charge in [-0.25, -0.2) is 0 Å². The second-order valence-electron chi connectivity index (χ2n) is 8.06. The zero-order chi connectivity index (χ0) is 18.4. The number of hydrogen-bond donors (Lipinski definition) is 1. The van der Waals surface area contributed by atoms with E-state index in [0.29, 0.717) is 25.4 Å². The van der Waals surface area contributed by atoms with Crippen LogP contribution in [0.25, 0.3) is 0 Å². The average molecular weight is 364 g/mol. The van der Waals surface area contributed by atoms with Gasteiger partial charge in [0.1, 0.15) is 6.61 Å². The first kappa shape index (κ1) is 19.3. The first-order chi connectivity index (χ1) is 12.6. The van der Waals surface area contributed by atoms with Crippen LogP contribution in [-0.2, 0) is 19.1 Å². The largest absolute Gasteiger partial charge is 0.457 e. The Morgan fingerprint density at radius 1 is 1.04 bits per heavy atom. The number of ketones is 1. The molecule has 6 heteroatoms. The van der Waals surface area contributed by atoms with Crippen LogP contribution in [-0.4, -0.2) is 54.8 Å². The summed E-state index contributed by atoms with van der Waals surface area (Å²) < 4.78 is 5.26. The fourth-order valence-electron chi connectivity index (χ4n) is 4.54. The van der Waals surface area contributed by atoms with E-state index in [2.05, 4.69) is 10.2 Å². The van der Waals surface area contributed by atoms with E-state index in [1.165, 1.54) is 32.1 Å². The number of nitrogens with zero attached hydrogens (tertiary/aromatic N) is 1. The van der Waals surface area contributed by atoms with E-state index >= 15 is 0 Å². The van der Waals surface area contributed by atoms with Crippen LogP contribution in [0.15, 0.2) is 0 Å². The summed E-state index contributed by atoms with van der Waals surface area (Å²) in [5, 5.41) is 2.77. The molecule has 2 saturated heterocycles. The number of amides is 1. The summed E-state index contributed by atoms with van der Waals surface area (Å²) in [6, 6.07) is 0.704. The molecule has 6 nitrogen and oxygen atoms in total. The second kappa shape index (κ2) is 9.49. The van der Waals surface area contributed by atoms with Gasteiger partial charge in [-0.1, -0.05) is 19.3 Å². The Kier molecular flexibility index (Phi) is 7.06. The number of nitrogens with one attached hydrogen (secondary N) is 1. The van der Waals surface area contributed by atoms with Gasteiger partial charge in [-0.3, -0.25) is 14.4 Å². The molecule has 0 aromatic heterocycles. The molecule has 3 aliphatic rings. The number of rotatable bonds is 7. The molecule has 1 amide bonds. The fourth-order valence-corrected chi connectivity index (χ4v) is 4.54. The predicted octanol–water partition coefficient (Wildman–Crippen LogP) is 2.06. The van der Waals surface area contributed by atoms with Gasteiger partial charge >= 0.3 is 5.97 Å². The minimum absolute atomic E-state index is 0.0412. The normalized spacial score (nSPS) is 25.8. The molecule has 2 heterocycles. The highest BCUT2D eigenvalue weighted by Gasteiger charge is 2.30. The molecular formula is C20H32N2O4. The minimum atomic E-state index is -0.222. The van der Waals surface area contributed by atoms with Crippen molar-refractivity contribution >= 4 is 17.7 Å². The van der Waals surface area contributed by atoms with E-state index in [4.69, 9.17) is 4.74 Å². The van der Waals surface area contributed by atoms with Crippen molar-refractivity contribution in [3.63, 3.8) is 0 Å². The summed E-state index contributed by atoms with van der Waals surface area (Å²) in [4.78, 5) is 38.2. The Labute approximate surface area is 156 Å². The number of likely N-dealkylation sites (tertiary alicyclic amines) is 1. The summed E-state index contributed by atoms with van der Waals surface area (Å²) in [5.74, 6) is -0.389. The Morgan fingerprint density at radius 2 is 1.77 bits per heavy atom. The molecule has 26 heavy (non-hydrogen) atoms. The molecule has 3 fully saturated rings. The van der Waals surface area contributed by atoms with Crippen molar-refractivity contribution in [2.24, 2.45) is 11.8 Å². The Morgan fingerprint density at radius 3 is 2.42 bits per heavy atom. The molecule has 0 radical (unpaired) electrons. The topological polar surface area (TPSA) is 75.7 Å². The second-order valence-corrected chi connectivity index (χ2v) is 8.06. The average Bonchev–Trinajstić information content (AvgIpc) is 3.10. The number of ether oxygens (including phenoxy) is 1. The summed E-state index contributed by atoms with van der Waals surface area (Å²) in [6.07, 6.45) is 9.95. The van der Waals surface area contributed by atoms with Gasteiger partial charge in [-0.15, -0.1) is 0 Å². The third-order valence-corrected chi connectivity index (χ3v) is 6.26. The van der Waals surface area contributed by atoms with Gasteiger partial charge in [0.15, 0.2) is 5.78 Å². The molecule has 1 N–H and O–H groups in total. The lowest BCUT2D eigenvalue weighted by Gasteiger charge is -2.38. The SMILES string of the molecule is O=C(CC[C@H]1CCNC1=O)COC(=O)C1CCN(C2CCCCC2)CC1. The van der Waals surface area contributed by atoms with Crippen molar-refractivity contribution in [3.8, 4) is 0 Å². The van der Waals surface area contributed by atoms with Crippen LogP contribution in [0.4, 0.5) is 0 Å². The van der Waals surface area contributed by atoms with E-state index in [1.54, 1.807) is 0 Å². The number of esters is 1. The molecule has 0 aromatic rings. The van der Waals surface area contributed by atoms with Crippen LogP contribution in [0.1, 0.15) is 64.2 Å². The van der Waals surface area contributed by atoms with E-state index < -0.39 is 0 Å². The van der Waals surface area contributed by atoms with E-state index in [9.17, 15) is 14.4 Å². The lowest BCUT2D eigenvalue weighted by molar-refractivity contribution is -0.153. The summed E-state index contributed by atoms with van der Waals surface area (Å²) >= 11 is 0. The highest BCUT2D eigenvalue weighted by atomic mass is 16.5. The van der Waals surface area contributed by atoms with Crippen molar-refractivity contribution in [2.75, 3.05) is 26.2 Å². The highest BCUT2D eigenvalue weighted by molar-refractivity contribution is 5.84. The van der Waals surface area contributed by atoms with Gasteiger partial charge < -0.3 is 15.0 Å². The molecule has 3 rings (SSSR count). The zero-order valence-electron chi connectivity index (χ0n) is 15.7. The molecule has 1 aliphatic carbocycles. The highest BCUT2D eigenvalue weighted by Crippen LogP contribution is 2.27. The Bertz CT molecular complexity index is 508. The van der Waals surface area contributed by atoms with Crippen LogP contribution < -0.4 is 5.32 Å². The lowest BCUT2D eigenvalue weighted by atomic mass is 9.90. The maximum atomic E-state index is 12.2. The van der Waals surface area contributed by atoms with Gasteiger partial charge in [0, 0.05) is 24.9 Å². The molecule has 146 valence electrons. The third-order valence-electron chi connectivity index (χ3n) is 6.26. The van der Waals surface area contributed by atoms with Gasteiger partial charge in [0.05, 0.1) is 5.92 Å². The van der Waals surface area contributed by atoms with Gasteiger partial charge in [0.25, 0.3) is 0 Å².